The van der Waals surface area contributed by atoms with E-state index in [2.05, 4.69) is 26.3 Å². The molecule has 4 N–H and O–H groups in total. The van der Waals surface area contributed by atoms with Gasteiger partial charge in [0, 0.05) is 112 Å². The average Bonchev–Trinajstić information content (AvgIpc) is 2.11. The van der Waals surface area contributed by atoms with E-state index in [1.54, 1.807) is 83.9 Å². The highest BCUT2D eigenvalue weighted by Crippen LogP contribution is 2.43. The number of para-hydroxylation sites is 1. The van der Waals surface area contributed by atoms with Gasteiger partial charge in [-0.05, 0) is 105 Å². The molecule has 3 aliphatic rings. The average molecular weight is 1190 g/mol. The van der Waals surface area contributed by atoms with Gasteiger partial charge in [0.2, 0.25) is 17.7 Å². The van der Waals surface area contributed by atoms with Crippen LogP contribution in [-0.2, 0) is 54.1 Å². The van der Waals surface area contributed by atoms with Crippen molar-refractivity contribution in [2.24, 2.45) is 20.0 Å². The monoisotopic (exact) mass is 1180 g/mol. The van der Waals surface area contributed by atoms with Gasteiger partial charge in [-0.1, -0.05) is 37.3 Å². The highest BCUT2D eigenvalue weighted by atomic mass is 16.6. The Morgan fingerprint density at radius 3 is 2.13 bits per heavy atom. The van der Waals surface area contributed by atoms with Gasteiger partial charge in [0.15, 0.2) is 23.1 Å². The molecule has 3 aliphatic heterocycles. The number of nitrogens with one attached hydrogen (secondary N) is 4. The van der Waals surface area contributed by atoms with E-state index in [-0.39, 0.29) is 115 Å². The van der Waals surface area contributed by atoms with Gasteiger partial charge in [-0.25, -0.2) is 9.78 Å². The molecule has 452 valence electrons. The molecule has 4 aromatic carbocycles. The first kappa shape index (κ1) is 61.4. The zero-order valence-electron chi connectivity index (χ0n) is 49.0. The number of hydrogen-bond donors (Lipinski definition) is 4. The third-order valence-electron chi connectivity index (χ3n) is 15.2. The van der Waals surface area contributed by atoms with Crippen molar-refractivity contribution in [3.63, 3.8) is 0 Å². The number of aromatic nitrogens is 3. The van der Waals surface area contributed by atoms with Gasteiger partial charge in [-0.3, -0.25) is 53.0 Å². The molecule has 23 heteroatoms. The second kappa shape index (κ2) is 27.7. The fraction of sp³-hybridized carbons (Fsp3) is 0.328. The number of ether oxygens (including phenoxy) is 3. The summed E-state index contributed by atoms with van der Waals surface area (Å²) in [6.45, 7) is 3.44. The molecule has 3 atom stereocenters. The number of aryl methyl sites for hydroxylation is 2. The molecule has 0 saturated carbocycles. The molecular weight excluding hydrogens is 1120 g/mol. The molecule has 0 unspecified atom stereocenters. The quantitative estimate of drug-likeness (QED) is 0.0296. The molecule has 87 heavy (non-hydrogen) atoms. The molecule has 0 saturated heterocycles. The number of nitrogens with zero attached hydrogens (tertiary/aromatic N) is 6. The van der Waals surface area contributed by atoms with Crippen LogP contribution in [0.3, 0.4) is 0 Å². The number of Topliss-reactive ketones (excluding diaryl/α,β-unsaturated/α-hetero) is 2. The number of fused-ring (bicyclic) bond motifs is 4. The molecule has 2 aromatic heterocycles. The number of amides is 8. The molecule has 0 radical (unpaired) electrons. The van der Waals surface area contributed by atoms with Crippen molar-refractivity contribution in [1.82, 2.24) is 24.3 Å². The van der Waals surface area contributed by atoms with Crippen molar-refractivity contribution in [2.45, 2.75) is 90.1 Å². The van der Waals surface area contributed by atoms with Crippen LogP contribution >= 0.6 is 0 Å². The number of unbranched alkanes of at least 4 members (excludes halogenated alkanes) is 1. The summed E-state index contributed by atoms with van der Waals surface area (Å²) in [7, 11) is 5.04. The first-order valence-corrected chi connectivity index (χ1v) is 28.7. The van der Waals surface area contributed by atoms with Crippen LogP contribution in [0.4, 0.5) is 33.4 Å². The van der Waals surface area contributed by atoms with Crippen LogP contribution in [0.15, 0.2) is 122 Å². The SMILES string of the molecule is COc1cc2c(cc1OCCCC(=O)Nc1ccc(-c3cc(C(=O)Nc4cn(C)cn4)n(C)c3)cc1)N(C(=O)Oc1ccc(NC(=O)[C@@H](C)CC(=O)[C@@H](C)NC(=O)CCCCC(=O)CCCN3C(=O)C=CC3=O)cc1)C[C@@H]1Cc3ccccc3N1C2=O. The summed E-state index contributed by atoms with van der Waals surface area (Å²) in [5.41, 5.74) is 5.11. The molecule has 8 amide bonds. The molecule has 6 aromatic rings. The smallest absolute Gasteiger partial charge is 0.419 e. The molecule has 0 spiro atoms. The number of imide groups is 1. The number of carbonyl (C=O) groups excluding carboxylic acids is 10. The van der Waals surface area contributed by atoms with E-state index in [0.717, 1.165) is 27.3 Å². The standard InChI is InChI=1S/C64H68N10O13/c1-39(30-53(76)40(2)66-57(77)16-9-7-13-47(75)14-10-28-72-59(79)26-27-60(72)80)61(81)68-45-22-24-48(25-23-45)87-64(84)73-36-46-31-42-12-6-8-15-50(42)74(46)63(83)49-33-54(85-5)55(34-51(49)73)86-29-11-17-58(78)67-44-20-18-41(19-21-44)43-32-52(71(4)35-43)62(82)69-56-37-70(3)38-65-56/h6,8,12,15,18-27,32-35,37-40,46H,7,9-11,13-14,16-17,28-31,36H2,1-5H3,(H,66,77)(H,67,78)(H,68,81)(H,69,82)/t39-,40+,46-/m0/s1. The fourth-order valence-electron chi connectivity index (χ4n) is 10.5. The van der Waals surface area contributed by atoms with Crippen LogP contribution in [0.25, 0.3) is 11.1 Å². The Balaban J connectivity index is 0.759. The number of anilines is 5. The number of imidazole rings is 1. The summed E-state index contributed by atoms with van der Waals surface area (Å²) in [6, 6.07) is 24.5. The normalized spacial score (nSPS) is 14.7. The molecule has 0 bridgehead atoms. The summed E-state index contributed by atoms with van der Waals surface area (Å²) in [4.78, 5) is 138. The number of hydrogen-bond acceptors (Lipinski definition) is 14. The highest BCUT2D eigenvalue weighted by molar-refractivity contribution is 6.15. The van der Waals surface area contributed by atoms with Gasteiger partial charge in [0.1, 0.15) is 17.2 Å². The molecule has 0 aliphatic carbocycles. The van der Waals surface area contributed by atoms with Gasteiger partial charge in [0.25, 0.3) is 23.6 Å². The van der Waals surface area contributed by atoms with Crippen LogP contribution in [0.2, 0.25) is 0 Å². The second-order valence-corrected chi connectivity index (χ2v) is 21.7. The third-order valence-corrected chi connectivity index (χ3v) is 15.2. The van der Waals surface area contributed by atoms with E-state index < -0.39 is 41.8 Å². The van der Waals surface area contributed by atoms with Gasteiger partial charge in [-0.15, -0.1) is 0 Å². The Labute approximate surface area is 502 Å². The van der Waals surface area contributed by atoms with Crippen molar-refractivity contribution >= 4 is 87.6 Å². The van der Waals surface area contributed by atoms with Crippen LogP contribution in [0.1, 0.15) is 98.0 Å². The van der Waals surface area contributed by atoms with Crippen molar-refractivity contribution in [1.29, 1.82) is 0 Å². The zero-order chi connectivity index (χ0) is 61.9. The molecule has 0 fully saturated rings. The number of carbonyl (C=O) groups is 10. The van der Waals surface area contributed by atoms with Crippen molar-refractivity contribution in [3.05, 3.63) is 139 Å². The summed E-state index contributed by atoms with van der Waals surface area (Å²) in [5, 5.41) is 11.2. The van der Waals surface area contributed by atoms with E-state index in [0.29, 0.717) is 55.0 Å². The minimum Gasteiger partial charge on any atom is -0.493 e. The van der Waals surface area contributed by atoms with Gasteiger partial charge < -0.3 is 49.5 Å². The van der Waals surface area contributed by atoms with Crippen molar-refractivity contribution in [2.75, 3.05) is 52.6 Å². The minimum atomic E-state index is -0.861. The van der Waals surface area contributed by atoms with Gasteiger partial charge in [0.05, 0.1) is 49.9 Å². The van der Waals surface area contributed by atoms with Gasteiger partial charge >= 0.3 is 6.09 Å². The molecular formula is C64H68N10O13. The summed E-state index contributed by atoms with van der Waals surface area (Å²) in [5.74, 6) is -2.61. The molecule has 5 heterocycles. The Morgan fingerprint density at radius 2 is 1.40 bits per heavy atom. The van der Waals surface area contributed by atoms with Crippen LogP contribution < -0.4 is 45.3 Å². The predicted molar refractivity (Wildman–Crippen MR) is 323 cm³/mol. The number of methoxy groups -OCH3 is 1. The van der Waals surface area contributed by atoms with Crippen LogP contribution in [0.5, 0.6) is 17.2 Å². The van der Waals surface area contributed by atoms with E-state index in [9.17, 15) is 47.9 Å². The number of ketones is 2. The van der Waals surface area contributed by atoms with E-state index >= 15 is 0 Å². The zero-order valence-corrected chi connectivity index (χ0v) is 49.0. The topological polar surface area (TPSA) is 279 Å². The summed E-state index contributed by atoms with van der Waals surface area (Å²) < 4.78 is 21.4. The largest absolute Gasteiger partial charge is 0.493 e. The Morgan fingerprint density at radius 1 is 0.713 bits per heavy atom. The van der Waals surface area contributed by atoms with Gasteiger partial charge in [-0.2, -0.15) is 0 Å². The lowest BCUT2D eigenvalue weighted by atomic mass is 9.99. The minimum absolute atomic E-state index is 0.0347. The molecule has 23 nitrogen and oxygen atoms in total. The van der Waals surface area contributed by atoms with Crippen LogP contribution in [0, 0.1) is 5.92 Å². The third kappa shape index (κ3) is 15.2. The van der Waals surface area contributed by atoms with E-state index in [1.165, 1.54) is 42.4 Å². The second-order valence-electron chi connectivity index (χ2n) is 21.7. The Kier molecular flexibility index (Phi) is 19.5. The summed E-state index contributed by atoms with van der Waals surface area (Å²) >= 11 is 0. The predicted octanol–water partition coefficient (Wildman–Crippen LogP) is 7.95. The Bertz CT molecular complexity index is 3640. The van der Waals surface area contributed by atoms with E-state index in [4.69, 9.17) is 14.2 Å². The number of rotatable bonds is 26. The maximum absolute atomic E-state index is 14.6. The lowest BCUT2D eigenvalue weighted by Crippen LogP contribution is -2.44. The summed E-state index contributed by atoms with van der Waals surface area (Å²) in [6.07, 6.45) is 9.27. The maximum Gasteiger partial charge on any atom is 0.419 e. The maximum atomic E-state index is 14.6. The first-order valence-electron chi connectivity index (χ1n) is 28.7. The number of benzene rings is 4. The Hall–Kier alpha value is -10.2. The van der Waals surface area contributed by atoms with Crippen molar-refractivity contribution < 1.29 is 62.2 Å². The van der Waals surface area contributed by atoms with E-state index in [1.807, 2.05) is 49.6 Å². The first-order chi connectivity index (χ1) is 41.8. The lowest BCUT2D eigenvalue weighted by Gasteiger charge is -2.26. The van der Waals surface area contributed by atoms with Crippen molar-refractivity contribution in [3.8, 4) is 28.4 Å². The fourth-order valence-corrected chi connectivity index (χ4v) is 10.5. The van der Waals surface area contributed by atoms with Crippen LogP contribution in [-0.4, -0.2) is 117 Å². The lowest BCUT2D eigenvalue weighted by molar-refractivity contribution is -0.137. The highest BCUT2D eigenvalue weighted by Gasteiger charge is 2.42. The molecule has 9 rings (SSSR count).